The summed E-state index contributed by atoms with van der Waals surface area (Å²) in [5, 5.41) is 10.1. The van der Waals surface area contributed by atoms with Gasteiger partial charge in [0.15, 0.2) is 0 Å². The van der Waals surface area contributed by atoms with E-state index in [1.807, 2.05) is 6.92 Å². The highest BCUT2D eigenvalue weighted by atomic mass is 16.6. The molecule has 1 aliphatic carbocycles. The van der Waals surface area contributed by atoms with Crippen LogP contribution in [0.1, 0.15) is 46.5 Å². The average Bonchev–Trinajstić information content (AvgIpc) is 2.57. The molecular weight excluding hydrogens is 256 g/mol. The van der Waals surface area contributed by atoms with Crippen molar-refractivity contribution in [2.45, 2.75) is 52.2 Å². The summed E-state index contributed by atoms with van der Waals surface area (Å²) >= 11 is 0. The highest BCUT2D eigenvalue weighted by Crippen LogP contribution is 2.46. The van der Waals surface area contributed by atoms with Gasteiger partial charge in [-0.15, -0.1) is 0 Å². The lowest BCUT2D eigenvalue weighted by molar-refractivity contribution is -0.155. The first kappa shape index (κ1) is 15.4. The van der Waals surface area contributed by atoms with E-state index in [2.05, 4.69) is 6.92 Å². The minimum Gasteiger partial charge on any atom is -0.471 e. The molecule has 4 nitrogen and oxygen atoms in total. The zero-order valence-corrected chi connectivity index (χ0v) is 12.9. The molecule has 3 unspecified atom stereocenters. The Labute approximate surface area is 121 Å². The van der Waals surface area contributed by atoms with E-state index in [1.54, 1.807) is 13.2 Å². The third-order valence-corrected chi connectivity index (χ3v) is 5.02. The lowest BCUT2D eigenvalue weighted by atomic mass is 9.66. The quantitative estimate of drug-likeness (QED) is 0.791. The Balaban J connectivity index is 2.26. The number of allylic oxidation sites excluding steroid dienone is 1. The van der Waals surface area contributed by atoms with Gasteiger partial charge in [-0.1, -0.05) is 13.8 Å². The number of fused-ring (bicyclic) bond motifs is 1. The maximum atomic E-state index is 11.8. The first-order valence-corrected chi connectivity index (χ1v) is 7.53. The molecule has 114 valence electrons. The molecule has 1 heterocycles. The van der Waals surface area contributed by atoms with Crippen LogP contribution >= 0.6 is 0 Å². The van der Waals surface area contributed by atoms with Gasteiger partial charge in [0.25, 0.3) is 0 Å². The molecular formula is C16H26O4. The Hall–Kier alpha value is -1.03. The smallest absolute Gasteiger partial charge is 0.308 e. The van der Waals surface area contributed by atoms with Gasteiger partial charge < -0.3 is 14.6 Å². The molecule has 20 heavy (non-hydrogen) atoms. The standard InChI is InChI=1S/C16H26O4/c1-10-5-6-13(11(2)15(17)19-4)14-9-20-16(3,18)8-7-12(10)14/h9-13,18H,5-8H2,1-4H3/t10-,11?,12+,13?,16?/m1/s1. The van der Waals surface area contributed by atoms with E-state index < -0.39 is 5.79 Å². The van der Waals surface area contributed by atoms with Gasteiger partial charge in [0.1, 0.15) is 0 Å². The highest BCUT2D eigenvalue weighted by molar-refractivity contribution is 5.72. The molecule has 2 rings (SSSR count). The zero-order chi connectivity index (χ0) is 14.9. The Bertz CT molecular complexity index is 399. The van der Waals surface area contributed by atoms with Crippen molar-refractivity contribution in [3.63, 3.8) is 0 Å². The summed E-state index contributed by atoms with van der Waals surface area (Å²) in [5.74, 6) is -0.288. The maximum absolute atomic E-state index is 11.8. The summed E-state index contributed by atoms with van der Waals surface area (Å²) in [5.41, 5.74) is 1.18. The van der Waals surface area contributed by atoms with Gasteiger partial charge in [0.2, 0.25) is 5.79 Å². The summed E-state index contributed by atoms with van der Waals surface area (Å²) in [4.78, 5) is 11.8. The Kier molecular flexibility index (Phi) is 4.43. The first-order valence-electron chi connectivity index (χ1n) is 7.53. The van der Waals surface area contributed by atoms with Crippen molar-refractivity contribution >= 4 is 5.97 Å². The number of hydrogen-bond acceptors (Lipinski definition) is 4. The van der Waals surface area contributed by atoms with Crippen molar-refractivity contribution in [3.8, 4) is 0 Å². The van der Waals surface area contributed by atoms with Crippen LogP contribution < -0.4 is 0 Å². The fourth-order valence-corrected chi connectivity index (χ4v) is 3.61. The largest absolute Gasteiger partial charge is 0.471 e. The van der Waals surface area contributed by atoms with Gasteiger partial charge in [-0.3, -0.25) is 4.79 Å². The predicted octanol–water partition coefficient (Wildman–Crippen LogP) is 2.86. The molecule has 5 atom stereocenters. The maximum Gasteiger partial charge on any atom is 0.308 e. The number of esters is 1. The number of methoxy groups -OCH3 is 1. The molecule has 0 radical (unpaired) electrons. The number of hydrogen-bond donors (Lipinski definition) is 1. The molecule has 1 fully saturated rings. The molecule has 1 saturated carbocycles. The molecule has 4 heteroatoms. The van der Waals surface area contributed by atoms with Crippen molar-refractivity contribution in [1.82, 2.24) is 0 Å². The van der Waals surface area contributed by atoms with Crippen LogP contribution in [0.15, 0.2) is 11.8 Å². The van der Waals surface area contributed by atoms with Gasteiger partial charge >= 0.3 is 5.97 Å². The summed E-state index contributed by atoms with van der Waals surface area (Å²) in [7, 11) is 1.44. The number of ether oxygens (including phenoxy) is 2. The summed E-state index contributed by atoms with van der Waals surface area (Å²) in [6.45, 7) is 5.87. The SMILES string of the molecule is COC(=O)C(C)C1CC[C@@H](C)[C@@H]2CCC(C)(O)OC=C12. The van der Waals surface area contributed by atoms with Crippen LogP contribution in [0.2, 0.25) is 0 Å². The number of rotatable bonds is 2. The Morgan fingerprint density at radius 2 is 2.20 bits per heavy atom. The van der Waals surface area contributed by atoms with Crippen LogP contribution in [0, 0.1) is 23.7 Å². The average molecular weight is 282 g/mol. The van der Waals surface area contributed by atoms with Crippen LogP contribution in [0.25, 0.3) is 0 Å². The second-order valence-electron chi connectivity index (χ2n) is 6.53. The Morgan fingerprint density at radius 3 is 2.85 bits per heavy atom. The lowest BCUT2D eigenvalue weighted by Gasteiger charge is -2.38. The minimum atomic E-state index is -1.09. The molecule has 0 aromatic heterocycles. The second-order valence-corrected chi connectivity index (χ2v) is 6.53. The summed E-state index contributed by atoms with van der Waals surface area (Å²) in [6, 6.07) is 0. The van der Waals surface area contributed by atoms with E-state index in [9.17, 15) is 9.90 Å². The number of aliphatic hydroxyl groups is 1. The van der Waals surface area contributed by atoms with Gasteiger partial charge in [-0.2, -0.15) is 0 Å². The topological polar surface area (TPSA) is 55.8 Å². The molecule has 1 N–H and O–H groups in total. The van der Waals surface area contributed by atoms with Crippen molar-refractivity contribution in [2.24, 2.45) is 23.7 Å². The van der Waals surface area contributed by atoms with E-state index in [1.165, 1.54) is 12.7 Å². The minimum absolute atomic E-state index is 0.159. The van der Waals surface area contributed by atoms with Crippen molar-refractivity contribution in [2.75, 3.05) is 7.11 Å². The van der Waals surface area contributed by atoms with Crippen molar-refractivity contribution in [1.29, 1.82) is 0 Å². The second kappa shape index (κ2) is 5.76. The number of carbonyl (C=O) groups excluding carboxylic acids is 1. The van der Waals surface area contributed by atoms with E-state index in [4.69, 9.17) is 9.47 Å². The third kappa shape index (κ3) is 3.00. The van der Waals surface area contributed by atoms with Gasteiger partial charge in [0, 0.05) is 13.3 Å². The number of carbonyl (C=O) groups is 1. The molecule has 0 spiro atoms. The molecule has 0 aromatic carbocycles. The summed E-state index contributed by atoms with van der Waals surface area (Å²) < 4.78 is 10.4. The van der Waals surface area contributed by atoms with Gasteiger partial charge in [-0.25, -0.2) is 0 Å². The van der Waals surface area contributed by atoms with E-state index in [0.29, 0.717) is 18.3 Å². The molecule has 0 bridgehead atoms. The molecule has 2 aliphatic rings. The molecule has 0 saturated heterocycles. The lowest BCUT2D eigenvalue weighted by Crippen LogP contribution is -2.33. The van der Waals surface area contributed by atoms with Crippen LogP contribution in [-0.2, 0) is 14.3 Å². The monoisotopic (exact) mass is 282 g/mol. The van der Waals surface area contributed by atoms with Crippen molar-refractivity contribution < 1.29 is 19.4 Å². The van der Waals surface area contributed by atoms with E-state index >= 15 is 0 Å². The Morgan fingerprint density at radius 1 is 1.50 bits per heavy atom. The fourth-order valence-electron chi connectivity index (χ4n) is 3.61. The van der Waals surface area contributed by atoms with Gasteiger partial charge in [0.05, 0.1) is 19.3 Å². The fraction of sp³-hybridized carbons (Fsp3) is 0.812. The van der Waals surface area contributed by atoms with Gasteiger partial charge in [-0.05, 0) is 42.6 Å². The first-order chi connectivity index (χ1) is 9.35. The molecule has 1 aliphatic heterocycles. The predicted molar refractivity (Wildman–Crippen MR) is 75.6 cm³/mol. The van der Waals surface area contributed by atoms with Crippen LogP contribution in [-0.4, -0.2) is 24.0 Å². The normalized spacial score (nSPS) is 38.9. The van der Waals surface area contributed by atoms with Crippen LogP contribution in [0.3, 0.4) is 0 Å². The third-order valence-electron chi connectivity index (χ3n) is 5.02. The van der Waals surface area contributed by atoms with Crippen LogP contribution in [0.5, 0.6) is 0 Å². The van der Waals surface area contributed by atoms with E-state index in [0.717, 1.165) is 19.3 Å². The zero-order valence-electron chi connectivity index (χ0n) is 12.9. The van der Waals surface area contributed by atoms with Crippen LogP contribution in [0.4, 0.5) is 0 Å². The highest BCUT2D eigenvalue weighted by Gasteiger charge is 2.41. The molecule has 0 aromatic rings. The van der Waals surface area contributed by atoms with E-state index in [-0.39, 0.29) is 17.8 Å². The molecule has 0 amide bonds. The summed E-state index contributed by atoms with van der Waals surface area (Å²) in [6.07, 6.45) is 5.34. The van der Waals surface area contributed by atoms with Crippen molar-refractivity contribution in [3.05, 3.63) is 11.8 Å².